The van der Waals surface area contributed by atoms with Gasteiger partial charge in [0.15, 0.2) is 0 Å². The fraction of sp³-hybridized carbons (Fsp3) is 0.857. The zero-order valence-corrected chi connectivity index (χ0v) is 32.2. The highest BCUT2D eigenvalue weighted by Crippen LogP contribution is 2.49. The molecule has 3 fully saturated rings. The monoisotopic (exact) mass is 641 g/mol. The highest BCUT2D eigenvalue weighted by molar-refractivity contribution is 5.46. The number of ether oxygens (including phenoxy) is 3. The van der Waals surface area contributed by atoms with Crippen LogP contribution in [0.4, 0.5) is 0 Å². The van der Waals surface area contributed by atoms with Gasteiger partial charge >= 0.3 is 0 Å². The van der Waals surface area contributed by atoms with Crippen molar-refractivity contribution in [1.82, 2.24) is 0 Å². The second-order valence-electron chi connectivity index (χ2n) is 18.6. The van der Waals surface area contributed by atoms with Gasteiger partial charge in [0.2, 0.25) is 0 Å². The van der Waals surface area contributed by atoms with Crippen molar-refractivity contribution in [3.8, 4) is 5.75 Å². The van der Waals surface area contributed by atoms with Crippen LogP contribution in [-0.2, 0) is 33.5 Å². The van der Waals surface area contributed by atoms with Crippen LogP contribution in [0.5, 0.6) is 5.75 Å². The van der Waals surface area contributed by atoms with E-state index in [9.17, 15) is 5.11 Å². The Hall–Kier alpha value is -1.10. The largest absolute Gasteiger partial charge is 0.508 e. The minimum atomic E-state index is -0.166. The Morgan fingerprint density at radius 1 is 0.500 bits per heavy atom. The van der Waals surface area contributed by atoms with Gasteiger partial charge in [-0.25, -0.2) is 0 Å². The molecule has 4 nitrogen and oxygen atoms in total. The van der Waals surface area contributed by atoms with Gasteiger partial charge in [-0.1, -0.05) is 86.1 Å². The highest BCUT2D eigenvalue weighted by atomic mass is 16.5. The smallest absolute Gasteiger partial charge is 0.119 e. The summed E-state index contributed by atoms with van der Waals surface area (Å²) in [5.41, 5.74) is 3.51. The summed E-state index contributed by atoms with van der Waals surface area (Å²) in [6.07, 6.45) is 16.8. The highest BCUT2D eigenvalue weighted by Gasteiger charge is 2.47. The molecule has 4 heteroatoms. The van der Waals surface area contributed by atoms with E-state index in [1.54, 1.807) is 0 Å². The van der Waals surface area contributed by atoms with E-state index < -0.39 is 0 Å². The van der Waals surface area contributed by atoms with E-state index in [2.05, 4.69) is 89.2 Å². The summed E-state index contributed by atoms with van der Waals surface area (Å²) in [5, 5.41) is 11.5. The molecule has 0 bridgehead atoms. The minimum absolute atomic E-state index is 0.0103. The quantitative estimate of drug-likeness (QED) is 0.247. The first-order chi connectivity index (χ1) is 21.2. The minimum Gasteiger partial charge on any atom is -0.508 e. The van der Waals surface area contributed by atoms with Gasteiger partial charge in [-0.15, -0.1) is 0 Å². The van der Waals surface area contributed by atoms with Crippen molar-refractivity contribution < 1.29 is 19.3 Å². The maximum atomic E-state index is 11.5. The van der Waals surface area contributed by atoms with Gasteiger partial charge in [-0.3, -0.25) is 0 Å². The SMILES string of the molecule is CC(Cc1ccc(O)c(CC(C)OC2(C)CCCCC2(C)C)c1CC(C)OC1(C)CCCCC1(C)C)OC1(C)CCCCC1(C)C. The zero-order valence-electron chi connectivity index (χ0n) is 32.2. The standard InChI is InChI=1S/C42H72O4/c1-30(44-40(10)24-16-13-21-37(40,4)5)27-33-19-20-36(43)35(29-32(3)46-42(12)26-18-15-23-39(42,8)9)34(33)28-31(2)45-41(11)25-17-14-22-38(41,6)7/h19-20,30-32,43H,13-18,21-29H2,1-12H3. The first-order valence-electron chi connectivity index (χ1n) is 19.1. The van der Waals surface area contributed by atoms with E-state index in [0.29, 0.717) is 12.2 Å². The van der Waals surface area contributed by atoms with Gasteiger partial charge in [-0.05, 0) is 132 Å². The van der Waals surface area contributed by atoms with Crippen LogP contribution in [0.1, 0.15) is 177 Å². The molecule has 6 unspecified atom stereocenters. The maximum absolute atomic E-state index is 11.5. The van der Waals surface area contributed by atoms with Crippen LogP contribution in [0.15, 0.2) is 12.1 Å². The number of benzene rings is 1. The van der Waals surface area contributed by atoms with Crippen LogP contribution in [0.2, 0.25) is 0 Å². The third-order valence-electron chi connectivity index (χ3n) is 13.8. The lowest BCUT2D eigenvalue weighted by Gasteiger charge is -2.49. The molecule has 264 valence electrons. The summed E-state index contributed by atoms with van der Waals surface area (Å²) >= 11 is 0. The van der Waals surface area contributed by atoms with Crippen molar-refractivity contribution in [2.45, 2.75) is 215 Å². The average Bonchev–Trinajstić information content (AvgIpc) is 2.93. The predicted molar refractivity (Wildman–Crippen MR) is 193 cm³/mol. The Morgan fingerprint density at radius 2 is 0.826 bits per heavy atom. The van der Waals surface area contributed by atoms with E-state index >= 15 is 0 Å². The van der Waals surface area contributed by atoms with E-state index in [4.69, 9.17) is 14.2 Å². The van der Waals surface area contributed by atoms with Gasteiger partial charge in [0.25, 0.3) is 0 Å². The third-order valence-corrected chi connectivity index (χ3v) is 13.8. The second kappa shape index (κ2) is 14.0. The fourth-order valence-electron chi connectivity index (χ4n) is 9.30. The number of hydrogen-bond donors (Lipinski definition) is 1. The molecule has 3 saturated carbocycles. The topological polar surface area (TPSA) is 47.9 Å². The predicted octanol–water partition coefficient (Wildman–Crippen LogP) is 11.3. The van der Waals surface area contributed by atoms with Crippen LogP contribution in [-0.4, -0.2) is 40.2 Å². The molecule has 1 N–H and O–H groups in total. The number of hydrogen-bond acceptors (Lipinski definition) is 4. The Bertz CT molecular complexity index is 1170. The van der Waals surface area contributed by atoms with Crippen molar-refractivity contribution in [2.75, 3.05) is 0 Å². The first kappa shape index (κ1) is 37.7. The third kappa shape index (κ3) is 8.02. The molecule has 1 aromatic carbocycles. The molecule has 46 heavy (non-hydrogen) atoms. The normalized spacial score (nSPS) is 32.9. The Kier molecular flexibility index (Phi) is 11.5. The van der Waals surface area contributed by atoms with Gasteiger partial charge in [0.05, 0.1) is 35.1 Å². The molecule has 0 saturated heterocycles. The van der Waals surface area contributed by atoms with E-state index in [1.165, 1.54) is 68.9 Å². The Labute approximate surface area is 284 Å². The van der Waals surface area contributed by atoms with Crippen LogP contribution in [0.3, 0.4) is 0 Å². The molecule has 3 aliphatic rings. The average molecular weight is 641 g/mol. The molecule has 0 aromatic heterocycles. The van der Waals surface area contributed by atoms with Gasteiger partial charge < -0.3 is 19.3 Å². The van der Waals surface area contributed by atoms with Crippen molar-refractivity contribution in [2.24, 2.45) is 16.2 Å². The first-order valence-corrected chi connectivity index (χ1v) is 19.1. The van der Waals surface area contributed by atoms with Crippen LogP contribution in [0, 0.1) is 16.2 Å². The number of aromatic hydroxyl groups is 1. The summed E-state index contributed by atoms with van der Waals surface area (Å²) in [6.45, 7) is 27.9. The Balaban J connectivity index is 1.63. The summed E-state index contributed by atoms with van der Waals surface area (Å²) < 4.78 is 21.0. The molecular formula is C42H72O4. The molecule has 1 aromatic rings. The van der Waals surface area contributed by atoms with Crippen molar-refractivity contribution >= 4 is 0 Å². The lowest BCUT2D eigenvalue weighted by atomic mass is 9.66. The molecule has 0 radical (unpaired) electrons. The molecule has 0 aliphatic heterocycles. The number of rotatable bonds is 12. The molecule has 3 aliphatic carbocycles. The molecule has 0 amide bonds. The Morgan fingerprint density at radius 3 is 1.20 bits per heavy atom. The molecule has 0 spiro atoms. The summed E-state index contributed by atoms with van der Waals surface area (Å²) in [7, 11) is 0. The zero-order chi connectivity index (χ0) is 34.2. The van der Waals surface area contributed by atoms with E-state index in [-0.39, 0.29) is 51.4 Å². The van der Waals surface area contributed by atoms with Crippen molar-refractivity contribution in [3.05, 3.63) is 28.8 Å². The van der Waals surface area contributed by atoms with Crippen LogP contribution in [0.25, 0.3) is 0 Å². The number of phenols is 1. The fourth-order valence-corrected chi connectivity index (χ4v) is 9.30. The van der Waals surface area contributed by atoms with Crippen LogP contribution >= 0.6 is 0 Å². The van der Waals surface area contributed by atoms with Gasteiger partial charge in [-0.2, -0.15) is 0 Å². The second-order valence-corrected chi connectivity index (χ2v) is 18.6. The van der Waals surface area contributed by atoms with Crippen LogP contribution < -0.4 is 0 Å². The maximum Gasteiger partial charge on any atom is 0.119 e. The molecule has 0 heterocycles. The van der Waals surface area contributed by atoms with E-state index in [1.807, 2.05) is 6.07 Å². The number of phenolic OH excluding ortho intramolecular Hbond substituents is 1. The molecule has 4 rings (SSSR count). The summed E-state index contributed by atoms with van der Waals surface area (Å²) in [4.78, 5) is 0. The molecular weight excluding hydrogens is 568 g/mol. The van der Waals surface area contributed by atoms with Crippen molar-refractivity contribution in [3.63, 3.8) is 0 Å². The van der Waals surface area contributed by atoms with E-state index in [0.717, 1.165) is 37.7 Å². The lowest BCUT2D eigenvalue weighted by molar-refractivity contribution is -0.163. The summed E-state index contributed by atoms with van der Waals surface area (Å²) in [6, 6.07) is 4.07. The van der Waals surface area contributed by atoms with Gasteiger partial charge in [0, 0.05) is 6.42 Å². The van der Waals surface area contributed by atoms with Gasteiger partial charge in [0.1, 0.15) is 5.75 Å². The van der Waals surface area contributed by atoms with Crippen molar-refractivity contribution in [1.29, 1.82) is 0 Å². The lowest BCUT2D eigenvalue weighted by Crippen LogP contribution is -2.49. The molecule has 6 atom stereocenters. The summed E-state index contributed by atoms with van der Waals surface area (Å²) in [5.74, 6) is 0.382.